The van der Waals surface area contributed by atoms with E-state index in [4.69, 9.17) is 5.73 Å². The highest BCUT2D eigenvalue weighted by atomic mass is 14.9. The van der Waals surface area contributed by atoms with Crippen LogP contribution in [0, 0.1) is 0 Å². The van der Waals surface area contributed by atoms with Gasteiger partial charge in [0, 0.05) is 6.04 Å². The second kappa shape index (κ2) is 5.46. The molecule has 1 fully saturated rings. The lowest BCUT2D eigenvalue weighted by atomic mass is 9.89. The van der Waals surface area contributed by atoms with E-state index in [1.54, 1.807) is 0 Å². The zero-order chi connectivity index (χ0) is 11.4. The monoisotopic (exact) mass is 218 g/mol. The third kappa shape index (κ3) is 3.06. The van der Waals surface area contributed by atoms with Gasteiger partial charge in [-0.2, -0.15) is 0 Å². The van der Waals surface area contributed by atoms with Crippen LogP contribution in [0.3, 0.4) is 0 Å². The standard InChI is InChI=1S/C14H22N2/c1-11(15)10-12-2-4-13(5-3-12)14-6-8-16-9-7-14/h2-5,11,14,16H,6-10,15H2,1H3. The highest BCUT2D eigenvalue weighted by Gasteiger charge is 2.14. The Morgan fingerprint density at radius 2 is 1.88 bits per heavy atom. The molecule has 0 aromatic heterocycles. The fourth-order valence-corrected chi connectivity index (χ4v) is 2.45. The van der Waals surface area contributed by atoms with Crippen molar-refractivity contribution in [1.29, 1.82) is 0 Å². The summed E-state index contributed by atoms with van der Waals surface area (Å²) in [6, 6.07) is 9.30. The summed E-state index contributed by atoms with van der Waals surface area (Å²) < 4.78 is 0. The topological polar surface area (TPSA) is 38.0 Å². The van der Waals surface area contributed by atoms with Gasteiger partial charge in [-0.05, 0) is 56.3 Å². The molecule has 1 unspecified atom stereocenters. The molecule has 0 saturated carbocycles. The molecule has 2 rings (SSSR count). The summed E-state index contributed by atoms with van der Waals surface area (Å²) in [5.41, 5.74) is 8.65. The maximum atomic E-state index is 5.80. The summed E-state index contributed by atoms with van der Waals surface area (Å²) >= 11 is 0. The van der Waals surface area contributed by atoms with Gasteiger partial charge in [0.1, 0.15) is 0 Å². The minimum absolute atomic E-state index is 0.254. The maximum Gasteiger partial charge on any atom is 0.00509 e. The normalized spacial score (nSPS) is 19.6. The summed E-state index contributed by atoms with van der Waals surface area (Å²) in [4.78, 5) is 0. The van der Waals surface area contributed by atoms with Gasteiger partial charge in [-0.1, -0.05) is 24.3 Å². The Kier molecular flexibility index (Phi) is 3.97. The van der Waals surface area contributed by atoms with Crippen LogP contribution in [0.1, 0.15) is 36.8 Å². The van der Waals surface area contributed by atoms with E-state index in [0.717, 1.165) is 25.4 Å². The second-order valence-corrected chi connectivity index (χ2v) is 4.95. The van der Waals surface area contributed by atoms with Gasteiger partial charge in [-0.25, -0.2) is 0 Å². The SMILES string of the molecule is CC(N)Cc1ccc(C2CCNCC2)cc1. The van der Waals surface area contributed by atoms with E-state index in [1.807, 2.05) is 0 Å². The van der Waals surface area contributed by atoms with Crippen LogP contribution >= 0.6 is 0 Å². The van der Waals surface area contributed by atoms with E-state index in [1.165, 1.54) is 24.0 Å². The van der Waals surface area contributed by atoms with Crippen molar-refractivity contribution in [3.05, 3.63) is 35.4 Å². The van der Waals surface area contributed by atoms with Crippen LogP contribution in [-0.4, -0.2) is 19.1 Å². The number of nitrogens with one attached hydrogen (secondary N) is 1. The molecule has 1 aliphatic heterocycles. The van der Waals surface area contributed by atoms with Crippen LogP contribution in [0.4, 0.5) is 0 Å². The van der Waals surface area contributed by atoms with Crippen molar-refractivity contribution >= 4 is 0 Å². The molecule has 88 valence electrons. The van der Waals surface area contributed by atoms with Crippen LogP contribution in [0.2, 0.25) is 0 Å². The minimum Gasteiger partial charge on any atom is -0.328 e. The number of hydrogen-bond acceptors (Lipinski definition) is 2. The zero-order valence-electron chi connectivity index (χ0n) is 10.1. The summed E-state index contributed by atoms with van der Waals surface area (Å²) in [5.74, 6) is 0.755. The minimum atomic E-state index is 0.254. The Morgan fingerprint density at radius 3 is 2.44 bits per heavy atom. The zero-order valence-corrected chi connectivity index (χ0v) is 10.1. The first-order valence-electron chi connectivity index (χ1n) is 6.31. The Bertz CT molecular complexity index is 310. The molecule has 1 aromatic carbocycles. The Labute approximate surface area is 98.2 Å². The fourth-order valence-electron chi connectivity index (χ4n) is 2.45. The van der Waals surface area contributed by atoms with E-state index in [0.29, 0.717) is 0 Å². The highest BCUT2D eigenvalue weighted by molar-refractivity contribution is 5.26. The number of piperidine rings is 1. The number of benzene rings is 1. The van der Waals surface area contributed by atoms with Crippen molar-refractivity contribution in [2.45, 2.75) is 38.1 Å². The maximum absolute atomic E-state index is 5.80. The van der Waals surface area contributed by atoms with E-state index in [9.17, 15) is 0 Å². The molecule has 1 aliphatic rings. The summed E-state index contributed by atoms with van der Waals surface area (Å²) in [6.07, 6.45) is 3.52. The van der Waals surface area contributed by atoms with Crippen molar-refractivity contribution in [1.82, 2.24) is 5.32 Å². The van der Waals surface area contributed by atoms with Crippen LogP contribution in [0.25, 0.3) is 0 Å². The van der Waals surface area contributed by atoms with Crippen molar-refractivity contribution in [3.8, 4) is 0 Å². The molecule has 1 heterocycles. The van der Waals surface area contributed by atoms with Gasteiger partial charge in [-0.3, -0.25) is 0 Å². The van der Waals surface area contributed by atoms with Gasteiger partial charge in [0.25, 0.3) is 0 Å². The summed E-state index contributed by atoms with van der Waals surface area (Å²) in [5, 5.41) is 3.41. The van der Waals surface area contributed by atoms with Crippen LogP contribution in [0.5, 0.6) is 0 Å². The van der Waals surface area contributed by atoms with Gasteiger partial charge >= 0.3 is 0 Å². The first kappa shape index (κ1) is 11.6. The molecule has 2 nitrogen and oxygen atoms in total. The Balaban J connectivity index is 2.00. The van der Waals surface area contributed by atoms with Crippen molar-refractivity contribution in [2.24, 2.45) is 5.73 Å². The van der Waals surface area contributed by atoms with Crippen LogP contribution < -0.4 is 11.1 Å². The van der Waals surface area contributed by atoms with Gasteiger partial charge < -0.3 is 11.1 Å². The third-order valence-corrected chi connectivity index (χ3v) is 3.35. The average Bonchev–Trinajstić information content (AvgIpc) is 2.30. The molecule has 1 aromatic rings. The largest absolute Gasteiger partial charge is 0.328 e. The number of nitrogens with two attached hydrogens (primary N) is 1. The lowest BCUT2D eigenvalue weighted by molar-refractivity contribution is 0.460. The quantitative estimate of drug-likeness (QED) is 0.815. The molecule has 2 heteroatoms. The molecule has 0 radical (unpaired) electrons. The molecule has 3 N–H and O–H groups in total. The first-order chi connectivity index (χ1) is 7.75. The van der Waals surface area contributed by atoms with Crippen LogP contribution in [-0.2, 0) is 6.42 Å². The lowest BCUT2D eigenvalue weighted by Gasteiger charge is -2.23. The molecule has 0 bridgehead atoms. The van der Waals surface area contributed by atoms with E-state index < -0.39 is 0 Å². The molecule has 1 saturated heterocycles. The lowest BCUT2D eigenvalue weighted by Crippen LogP contribution is -2.26. The number of rotatable bonds is 3. The predicted octanol–water partition coefficient (Wildman–Crippen LogP) is 2.04. The Hall–Kier alpha value is -0.860. The molecule has 16 heavy (non-hydrogen) atoms. The third-order valence-electron chi connectivity index (χ3n) is 3.35. The Morgan fingerprint density at radius 1 is 1.25 bits per heavy atom. The average molecular weight is 218 g/mol. The molecular formula is C14H22N2. The summed E-state index contributed by atoms with van der Waals surface area (Å²) in [6.45, 7) is 4.37. The highest BCUT2D eigenvalue weighted by Crippen LogP contribution is 2.25. The summed E-state index contributed by atoms with van der Waals surface area (Å²) in [7, 11) is 0. The van der Waals surface area contributed by atoms with Crippen molar-refractivity contribution < 1.29 is 0 Å². The fraction of sp³-hybridized carbons (Fsp3) is 0.571. The molecule has 0 amide bonds. The molecule has 0 spiro atoms. The van der Waals surface area contributed by atoms with E-state index in [-0.39, 0.29) is 6.04 Å². The van der Waals surface area contributed by atoms with E-state index >= 15 is 0 Å². The second-order valence-electron chi connectivity index (χ2n) is 4.95. The van der Waals surface area contributed by atoms with Crippen molar-refractivity contribution in [3.63, 3.8) is 0 Å². The van der Waals surface area contributed by atoms with E-state index in [2.05, 4.69) is 36.5 Å². The molecule has 1 atom stereocenters. The van der Waals surface area contributed by atoms with Crippen molar-refractivity contribution in [2.75, 3.05) is 13.1 Å². The first-order valence-corrected chi connectivity index (χ1v) is 6.31. The van der Waals surface area contributed by atoms with Gasteiger partial charge in [0.15, 0.2) is 0 Å². The molecular weight excluding hydrogens is 196 g/mol. The van der Waals surface area contributed by atoms with Crippen LogP contribution in [0.15, 0.2) is 24.3 Å². The van der Waals surface area contributed by atoms with Gasteiger partial charge in [0.2, 0.25) is 0 Å². The smallest absolute Gasteiger partial charge is 0.00509 e. The predicted molar refractivity (Wildman–Crippen MR) is 68.6 cm³/mol. The van der Waals surface area contributed by atoms with Gasteiger partial charge in [-0.15, -0.1) is 0 Å². The molecule has 0 aliphatic carbocycles. The number of hydrogen-bond donors (Lipinski definition) is 2. The van der Waals surface area contributed by atoms with Gasteiger partial charge in [0.05, 0.1) is 0 Å².